The molecule has 0 spiro atoms. The first-order valence-corrected chi connectivity index (χ1v) is 9.15. The molecule has 2 aromatic carbocycles. The van der Waals surface area contributed by atoms with E-state index < -0.39 is 29.5 Å². The molecule has 1 N–H and O–H groups in total. The van der Waals surface area contributed by atoms with Gasteiger partial charge in [-0.25, -0.2) is 4.79 Å². The molecule has 3 rings (SSSR count). The topological polar surface area (TPSA) is 139 Å². The number of hydrogen-bond acceptors (Lipinski definition) is 9. The second kappa shape index (κ2) is 9.57. The number of nitro groups is 1. The summed E-state index contributed by atoms with van der Waals surface area (Å²) in [6.45, 7) is 2.76. The Bertz CT molecular complexity index is 1020. The third kappa shape index (κ3) is 5.69. The normalized spacial score (nSPS) is 13.3. The van der Waals surface area contributed by atoms with Gasteiger partial charge in [-0.05, 0) is 44.2 Å². The molecule has 1 aliphatic heterocycles. The van der Waals surface area contributed by atoms with Crippen LogP contribution in [0.2, 0.25) is 0 Å². The van der Waals surface area contributed by atoms with Crippen molar-refractivity contribution in [1.29, 1.82) is 0 Å². The van der Waals surface area contributed by atoms with Crippen LogP contribution in [0.15, 0.2) is 47.6 Å². The third-order valence-electron chi connectivity index (χ3n) is 4.20. The van der Waals surface area contributed by atoms with E-state index in [0.717, 1.165) is 5.56 Å². The highest BCUT2D eigenvalue weighted by atomic mass is 16.7. The van der Waals surface area contributed by atoms with Crippen LogP contribution in [0.3, 0.4) is 0 Å². The number of hydrogen-bond donors (Lipinski definition) is 1. The number of rotatable bonds is 8. The number of nitro benzene ring substituents is 1. The van der Waals surface area contributed by atoms with E-state index in [4.69, 9.17) is 19.0 Å². The molecule has 0 fully saturated rings. The smallest absolute Gasteiger partial charge is 0.347 e. The van der Waals surface area contributed by atoms with E-state index in [9.17, 15) is 19.7 Å². The van der Waals surface area contributed by atoms with Gasteiger partial charge in [0.05, 0.1) is 10.6 Å². The van der Waals surface area contributed by atoms with Gasteiger partial charge in [0.2, 0.25) is 13.4 Å². The van der Waals surface area contributed by atoms with Gasteiger partial charge >= 0.3 is 5.97 Å². The van der Waals surface area contributed by atoms with E-state index in [1.54, 1.807) is 25.1 Å². The lowest BCUT2D eigenvalue weighted by Crippen LogP contribution is -2.31. The van der Waals surface area contributed by atoms with Gasteiger partial charge in [0.1, 0.15) is 0 Å². The second-order valence-electron chi connectivity index (χ2n) is 6.44. The molecule has 1 aliphatic rings. The van der Waals surface area contributed by atoms with Gasteiger partial charge in [-0.15, -0.1) is 0 Å². The first-order chi connectivity index (χ1) is 14.8. The average molecular weight is 429 g/mol. The van der Waals surface area contributed by atoms with Gasteiger partial charge in [-0.2, -0.15) is 0 Å². The van der Waals surface area contributed by atoms with Crippen molar-refractivity contribution in [2.45, 2.75) is 20.0 Å². The highest BCUT2D eigenvalue weighted by Gasteiger charge is 2.19. The van der Waals surface area contributed by atoms with Crippen LogP contribution in [0.5, 0.6) is 11.5 Å². The maximum atomic E-state index is 12.1. The molecule has 0 aliphatic carbocycles. The quantitative estimate of drug-likeness (QED) is 0.292. The Morgan fingerprint density at radius 2 is 1.90 bits per heavy atom. The first kappa shape index (κ1) is 21.6. The number of amides is 1. The molecule has 0 radical (unpaired) electrons. The minimum absolute atomic E-state index is 0.105. The van der Waals surface area contributed by atoms with Crippen molar-refractivity contribution < 1.29 is 33.6 Å². The fraction of sp³-hybridized carbons (Fsp3) is 0.250. The molecule has 2 aromatic rings. The lowest BCUT2D eigenvalue weighted by atomic mass is 10.1. The molecule has 1 heterocycles. The number of fused-ring (bicyclic) bond motifs is 1. The molecule has 1 amide bonds. The van der Waals surface area contributed by atoms with Crippen molar-refractivity contribution in [3.8, 4) is 11.5 Å². The molecule has 0 aromatic heterocycles. The van der Waals surface area contributed by atoms with E-state index in [0.29, 0.717) is 22.9 Å². The Labute approximate surface area is 176 Å². The molecule has 162 valence electrons. The lowest BCUT2D eigenvalue weighted by molar-refractivity contribution is -0.384. The average Bonchev–Trinajstić information content (AvgIpc) is 3.21. The highest BCUT2D eigenvalue weighted by Crippen LogP contribution is 2.32. The number of oxime groups is 1. The summed E-state index contributed by atoms with van der Waals surface area (Å²) in [6, 6.07) is 10.5. The summed E-state index contributed by atoms with van der Waals surface area (Å²) in [5, 5.41) is 17.0. The van der Waals surface area contributed by atoms with Gasteiger partial charge in [-0.3, -0.25) is 14.9 Å². The zero-order valence-corrected chi connectivity index (χ0v) is 16.7. The summed E-state index contributed by atoms with van der Waals surface area (Å²) in [5.41, 5.74) is 1.47. The summed E-state index contributed by atoms with van der Waals surface area (Å²) < 4.78 is 15.5. The summed E-state index contributed by atoms with van der Waals surface area (Å²) in [4.78, 5) is 39.1. The Balaban J connectivity index is 1.45. The molecule has 11 heteroatoms. The SMILES string of the molecule is C/C(=N\OCC(=O)OC(C)C(=O)Nc1ccc([N+](=O)[O-])cc1)c1ccc2c(c1)OCO2. The van der Waals surface area contributed by atoms with Crippen LogP contribution < -0.4 is 14.8 Å². The minimum atomic E-state index is -1.11. The zero-order valence-electron chi connectivity index (χ0n) is 16.7. The molecule has 1 unspecified atom stereocenters. The molecule has 11 nitrogen and oxygen atoms in total. The fourth-order valence-corrected chi connectivity index (χ4v) is 2.55. The van der Waals surface area contributed by atoms with E-state index >= 15 is 0 Å². The largest absolute Gasteiger partial charge is 0.454 e. The van der Waals surface area contributed by atoms with Crippen LogP contribution in [0, 0.1) is 10.1 Å². The lowest BCUT2D eigenvalue weighted by Gasteiger charge is -2.13. The van der Waals surface area contributed by atoms with Gasteiger partial charge in [-0.1, -0.05) is 5.16 Å². The maximum absolute atomic E-state index is 12.1. The number of nitrogens with zero attached hydrogens (tertiary/aromatic N) is 2. The van der Waals surface area contributed by atoms with Crippen LogP contribution in [0.25, 0.3) is 0 Å². The minimum Gasteiger partial charge on any atom is -0.454 e. The summed E-state index contributed by atoms with van der Waals surface area (Å²) in [6.07, 6.45) is -1.11. The molecule has 0 saturated heterocycles. The standard InChI is InChI=1S/C20H19N3O8/c1-12(14-3-8-17-18(9-14)29-11-28-17)22-30-10-19(24)31-13(2)20(25)21-15-4-6-16(7-5-15)23(26)27/h3-9,13H,10-11H2,1-2H3,(H,21,25)/b22-12+. The zero-order chi connectivity index (χ0) is 22.4. The molecule has 0 saturated carbocycles. The number of carbonyl (C=O) groups is 2. The fourth-order valence-electron chi connectivity index (χ4n) is 2.55. The van der Waals surface area contributed by atoms with Crippen LogP contribution in [0.1, 0.15) is 19.4 Å². The second-order valence-corrected chi connectivity index (χ2v) is 6.44. The van der Waals surface area contributed by atoms with Gasteiger partial charge in [0, 0.05) is 23.4 Å². The third-order valence-corrected chi connectivity index (χ3v) is 4.20. The van der Waals surface area contributed by atoms with Gasteiger partial charge in [0.25, 0.3) is 11.6 Å². The van der Waals surface area contributed by atoms with E-state index in [1.165, 1.54) is 31.2 Å². The summed E-state index contributed by atoms with van der Waals surface area (Å²) >= 11 is 0. The van der Waals surface area contributed by atoms with Crippen molar-refractivity contribution >= 4 is 29.0 Å². The monoisotopic (exact) mass is 429 g/mol. The number of benzene rings is 2. The summed E-state index contributed by atoms with van der Waals surface area (Å²) in [5.74, 6) is -0.141. The predicted octanol–water partition coefficient (Wildman–Crippen LogP) is 2.63. The molecule has 0 bridgehead atoms. The number of carbonyl (C=O) groups excluding carboxylic acids is 2. The Morgan fingerprint density at radius 1 is 1.19 bits per heavy atom. The van der Waals surface area contributed by atoms with Crippen molar-refractivity contribution in [1.82, 2.24) is 0 Å². The number of nitrogens with one attached hydrogen (secondary N) is 1. The molecule has 31 heavy (non-hydrogen) atoms. The van der Waals surface area contributed by atoms with Crippen molar-refractivity contribution in [2.75, 3.05) is 18.7 Å². The van der Waals surface area contributed by atoms with Crippen LogP contribution in [-0.4, -0.2) is 42.0 Å². The van der Waals surface area contributed by atoms with Crippen LogP contribution in [-0.2, 0) is 19.2 Å². The van der Waals surface area contributed by atoms with Crippen LogP contribution >= 0.6 is 0 Å². The summed E-state index contributed by atoms with van der Waals surface area (Å²) in [7, 11) is 0. The van der Waals surface area contributed by atoms with Crippen molar-refractivity contribution in [3.05, 3.63) is 58.1 Å². The molecular formula is C20H19N3O8. The molecular weight excluding hydrogens is 410 g/mol. The Hall–Kier alpha value is -4.15. The number of ether oxygens (including phenoxy) is 3. The highest BCUT2D eigenvalue weighted by molar-refractivity contribution is 5.99. The van der Waals surface area contributed by atoms with Gasteiger partial charge in [0.15, 0.2) is 17.6 Å². The van der Waals surface area contributed by atoms with Gasteiger partial charge < -0.3 is 24.4 Å². The number of anilines is 1. The Kier molecular flexibility index (Phi) is 6.65. The maximum Gasteiger partial charge on any atom is 0.347 e. The van der Waals surface area contributed by atoms with E-state index in [-0.39, 0.29) is 12.5 Å². The number of esters is 1. The predicted molar refractivity (Wildman–Crippen MR) is 108 cm³/mol. The molecule has 1 atom stereocenters. The van der Waals surface area contributed by atoms with Crippen molar-refractivity contribution in [3.63, 3.8) is 0 Å². The number of non-ortho nitro benzene ring substituents is 1. The van der Waals surface area contributed by atoms with E-state index in [1.807, 2.05) is 0 Å². The van der Waals surface area contributed by atoms with E-state index in [2.05, 4.69) is 10.5 Å². The Morgan fingerprint density at radius 3 is 2.61 bits per heavy atom. The first-order valence-electron chi connectivity index (χ1n) is 9.15. The van der Waals surface area contributed by atoms with Crippen LogP contribution in [0.4, 0.5) is 11.4 Å². The van der Waals surface area contributed by atoms with Crippen molar-refractivity contribution in [2.24, 2.45) is 5.16 Å².